The van der Waals surface area contributed by atoms with Gasteiger partial charge in [-0.1, -0.05) is 66.2 Å². The maximum absolute atomic E-state index is 13.0. The summed E-state index contributed by atoms with van der Waals surface area (Å²) in [6, 6.07) is 27.1. The number of fused-ring (bicyclic) bond motifs is 1. The second-order valence-corrected chi connectivity index (χ2v) is 9.35. The minimum Gasteiger partial charge on any atom is -0.423 e. The molecule has 0 N–H and O–H groups in total. The Balaban J connectivity index is 1.32. The number of hydrogen-bond acceptors (Lipinski definition) is 5. The van der Waals surface area contributed by atoms with Gasteiger partial charge in [0.15, 0.2) is 0 Å². The Morgan fingerprint density at radius 3 is 2.51 bits per heavy atom. The fourth-order valence-electron chi connectivity index (χ4n) is 3.76. The Kier molecular flexibility index (Phi) is 6.40. The predicted molar refractivity (Wildman–Crippen MR) is 138 cm³/mol. The number of benzene rings is 4. The lowest BCUT2D eigenvalue weighted by atomic mass is 10.1. The van der Waals surface area contributed by atoms with Gasteiger partial charge in [-0.15, -0.1) is 0 Å². The number of carbonyl (C=O) groups is 3. The molecule has 0 atom stereocenters. The van der Waals surface area contributed by atoms with E-state index in [0.29, 0.717) is 26.8 Å². The van der Waals surface area contributed by atoms with Gasteiger partial charge in [0.2, 0.25) is 0 Å². The van der Waals surface area contributed by atoms with Crippen molar-refractivity contribution < 1.29 is 19.1 Å². The Morgan fingerprint density at radius 1 is 0.886 bits per heavy atom. The molecule has 1 saturated heterocycles. The number of imide groups is 1. The van der Waals surface area contributed by atoms with Crippen LogP contribution in [-0.2, 0) is 11.3 Å². The smallest absolute Gasteiger partial charge is 0.343 e. The van der Waals surface area contributed by atoms with Gasteiger partial charge in [0, 0.05) is 5.02 Å². The van der Waals surface area contributed by atoms with E-state index in [1.165, 1.54) is 11.0 Å². The van der Waals surface area contributed by atoms with Gasteiger partial charge < -0.3 is 4.74 Å². The molecule has 0 bridgehead atoms. The number of carbonyl (C=O) groups excluding carboxylic acids is 3. The Morgan fingerprint density at radius 2 is 1.69 bits per heavy atom. The lowest BCUT2D eigenvalue weighted by Gasteiger charge is -2.13. The molecule has 0 saturated carbocycles. The van der Waals surface area contributed by atoms with E-state index in [0.717, 1.165) is 28.1 Å². The molecule has 1 aliphatic heterocycles. The molecule has 7 heteroatoms. The van der Waals surface area contributed by atoms with Crippen LogP contribution in [0.5, 0.6) is 5.75 Å². The summed E-state index contributed by atoms with van der Waals surface area (Å²) in [5, 5.41) is 2.27. The van der Waals surface area contributed by atoms with Crippen LogP contribution in [0.4, 0.5) is 4.79 Å². The first-order valence-electron chi connectivity index (χ1n) is 10.8. The molecule has 0 aliphatic carbocycles. The molecule has 4 aromatic rings. The fourth-order valence-corrected chi connectivity index (χ4v) is 4.79. The summed E-state index contributed by atoms with van der Waals surface area (Å²) in [6.45, 7) is 0.199. The van der Waals surface area contributed by atoms with Gasteiger partial charge in [0.05, 0.1) is 17.0 Å². The van der Waals surface area contributed by atoms with E-state index in [-0.39, 0.29) is 17.7 Å². The maximum Gasteiger partial charge on any atom is 0.343 e. The predicted octanol–water partition coefficient (Wildman–Crippen LogP) is 6.95. The van der Waals surface area contributed by atoms with Crippen LogP contribution in [0.3, 0.4) is 0 Å². The Labute approximate surface area is 211 Å². The Hall–Kier alpha value is -3.87. The number of nitrogens with zero attached hydrogens (tertiary/aromatic N) is 1. The molecule has 0 aromatic heterocycles. The molecule has 172 valence electrons. The van der Waals surface area contributed by atoms with Crippen LogP contribution in [-0.4, -0.2) is 22.0 Å². The molecule has 5 nitrogen and oxygen atoms in total. The number of esters is 1. The van der Waals surface area contributed by atoms with E-state index in [4.69, 9.17) is 16.3 Å². The maximum atomic E-state index is 13.0. The highest BCUT2D eigenvalue weighted by molar-refractivity contribution is 8.18. The topological polar surface area (TPSA) is 63.7 Å². The SMILES string of the molecule is O=C(Oc1cccc(/C=C2\SC(=O)N(Cc3ccc4ccccc4c3)C2=O)c1)c1cccc(Cl)c1. The Bertz CT molecular complexity index is 1510. The van der Waals surface area contributed by atoms with E-state index in [1.54, 1.807) is 48.5 Å². The first-order chi connectivity index (χ1) is 17.0. The highest BCUT2D eigenvalue weighted by Gasteiger charge is 2.35. The number of thioether (sulfide) groups is 1. The summed E-state index contributed by atoms with van der Waals surface area (Å²) in [7, 11) is 0. The van der Waals surface area contributed by atoms with Crippen molar-refractivity contribution in [2.75, 3.05) is 0 Å². The van der Waals surface area contributed by atoms with E-state index >= 15 is 0 Å². The third kappa shape index (κ3) is 5.14. The average molecular weight is 500 g/mol. The van der Waals surface area contributed by atoms with Crippen molar-refractivity contribution in [2.45, 2.75) is 6.54 Å². The highest BCUT2D eigenvalue weighted by Crippen LogP contribution is 2.34. The monoisotopic (exact) mass is 499 g/mol. The summed E-state index contributed by atoms with van der Waals surface area (Å²) in [6.07, 6.45) is 1.63. The number of ether oxygens (including phenoxy) is 1. The van der Waals surface area contributed by atoms with Gasteiger partial charge in [0.25, 0.3) is 11.1 Å². The van der Waals surface area contributed by atoms with Crippen LogP contribution in [0.2, 0.25) is 5.02 Å². The summed E-state index contributed by atoms with van der Waals surface area (Å²) in [5.41, 5.74) is 1.84. The van der Waals surface area contributed by atoms with Gasteiger partial charge in [-0.05, 0) is 76.1 Å². The van der Waals surface area contributed by atoms with E-state index in [1.807, 2.05) is 42.5 Å². The molecule has 0 radical (unpaired) electrons. The average Bonchev–Trinajstić information content (AvgIpc) is 3.11. The molecular weight excluding hydrogens is 482 g/mol. The minimum atomic E-state index is -0.541. The third-order valence-electron chi connectivity index (χ3n) is 5.45. The second-order valence-electron chi connectivity index (χ2n) is 7.92. The van der Waals surface area contributed by atoms with Crippen LogP contribution < -0.4 is 4.74 Å². The van der Waals surface area contributed by atoms with Crippen LogP contribution in [0, 0.1) is 0 Å². The minimum absolute atomic E-state index is 0.199. The summed E-state index contributed by atoms with van der Waals surface area (Å²) < 4.78 is 5.45. The van der Waals surface area contributed by atoms with E-state index < -0.39 is 5.97 Å². The molecule has 35 heavy (non-hydrogen) atoms. The lowest BCUT2D eigenvalue weighted by Crippen LogP contribution is -2.27. The summed E-state index contributed by atoms with van der Waals surface area (Å²) in [5.74, 6) is -0.575. The highest BCUT2D eigenvalue weighted by atomic mass is 35.5. The molecular formula is C28H18ClNO4S. The lowest BCUT2D eigenvalue weighted by molar-refractivity contribution is -0.123. The van der Waals surface area contributed by atoms with Crippen molar-refractivity contribution >= 4 is 57.3 Å². The van der Waals surface area contributed by atoms with Crippen molar-refractivity contribution in [2.24, 2.45) is 0 Å². The van der Waals surface area contributed by atoms with Crippen molar-refractivity contribution in [3.8, 4) is 5.75 Å². The van der Waals surface area contributed by atoms with Crippen molar-refractivity contribution in [3.05, 3.63) is 118 Å². The zero-order valence-electron chi connectivity index (χ0n) is 18.3. The molecule has 1 aliphatic rings. The number of hydrogen-bond donors (Lipinski definition) is 0. The largest absolute Gasteiger partial charge is 0.423 e. The van der Waals surface area contributed by atoms with Crippen molar-refractivity contribution in [1.29, 1.82) is 0 Å². The van der Waals surface area contributed by atoms with Gasteiger partial charge >= 0.3 is 5.97 Å². The number of rotatable bonds is 5. The van der Waals surface area contributed by atoms with Gasteiger partial charge in [-0.2, -0.15) is 0 Å². The fraction of sp³-hybridized carbons (Fsp3) is 0.0357. The molecule has 5 rings (SSSR count). The molecule has 0 spiro atoms. The van der Waals surface area contributed by atoms with Crippen LogP contribution in [0.15, 0.2) is 95.9 Å². The normalized spacial score (nSPS) is 14.7. The third-order valence-corrected chi connectivity index (χ3v) is 6.60. The molecule has 1 fully saturated rings. The second kappa shape index (κ2) is 9.78. The molecule has 4 aromatic carbocycles. The summed E-state index contributed by atoms with van der Waals surface area (Å²) >= 11 is 6.84. The zero-order chi connectivity index (χ0) is 24.4. The quantitative estimate of drug-likeness (QED) is 0.169. The molecule has 1 heterocycles. The van der Waals surface area contributed by atoms with Crippen molar-refractivity contribution in [3.63, 3.8) is 0 Å². The first-order valence-corrected chi connectivity index (χ1v) is 12.0. The van der Waals surface area contributed by atoms with Crippen LogP contribution >= 0.6 is 23.4 Å². The first kappa shape index (κ1) is 22.9. The van der Waals surface area contributed by atoms with Crippen molar-refractivity contribution in [1.82, 2.24) is 4.90 Å². The number of halogens is 1. The number of amides is 2. The standard InChI is InChI=1S/C28H18ClNO4S/c29-23-9-4-8-22(16-23)27(32)34-24-10-3-5-18(14-24)15-25-26(31)30(28(33)35-25)17-19-11-12-20-6-1-2-7-21(20)13-19/h1-16H,17H2/b25-15-. The summed E-state index contributed by atoms with van der Waals surface area (Å²) in [4.78, 5) is 39.5. The molecule has 2 amide bonds. The van der Waals surface area contributed by atoms with E-state index in [9.17, 15) is 14.4 Å². The van der Waals surface area contributed by atoms with E-state index in [2.05, 4.69) is 0 Å². The zero-order valence-corrected chi connectivity index (χ0v) is 19.9. The van der Waals surface area contributed by atoms with Crippen LogP contribution in [0.25, 0.3) is 16.8 Å². The van der Waals surface area contributed by atoms with Gasteiger partial charge in [-0.25, -0.2) is 4.79 Å². The van der Waals surface area contributed by atoms with Gasteiger partial charge in [0.1, 0.15) is 5.75 Å². The molecule has 0 unspecified atom stereocenters. The van der Waals surface area contributed by atoms with Crippen LogP contribution in [0.1, 0.15) is 21.5 Å². The van der Waals surface area contributed by atoms with Gasteiger partial charge in [-0.3, -0.25) is 14.5 Å².